The van der Waals surface area contributed by atoms with Gasteiger partial charge < -0.3 is 9.47 Å². The Morgan fingerprint density at radius 1 is 1.23 bits per heavy atom. The van der Waals surface area contributed by atoms with E-state index in [9.17, 15) is 14.4 Å². The van der Waals surface area contributed by atoms with Crippen LogP contribution in [0.2, 0.25) is 0 Å². The second-order valence-electron chi connectivity index (χ2n) is 3.88. The predicted octanol–water partition coefficient (Wildman–Crippen LogP) is 1.18. The first-order valence-electron chi connectivity index (χ1n) is 6.26. The van der Waals surface area contributed by atoms with Crippen LogP contribution in [-0.2, 0) is 14.3 Å². The quantitative estimate of drug-likeness (QED) is 0.324. The summed E-state index contributed by atoms with van der Waals surface area (Å²) in [6.07, 6.45) is 1.94. The first kappa shape index (κ1) is 18.0. The van der Waals surface area contributed by atoms with Crippen molar-refractivity contribution in [1.82, 2.24) is 10.9 Å². The summed E-state index contributed by atoms with van der Waals surface area (Å²) in [7, 11) is 1.54. The van der Waals surface area contributed by atoms with Crippen LogP contribution >= 0.6 is 22.6 Å². The smallest absolute Gasteiger partial charge is 0.330 e. The molecule has 0 heterocycles. The highest BCUT2D eigenvalue weighted by atomic mass is 127. The van der Waals surface area contributed by atoms with E-state index in [1.807, 2.05) is 22.6 Å². The number of hydrogen-bond donors (Lipinski definition) is 2. The fraction of sp³-hybridized carbons (Fsp3) is 0.214. The Kier molecular flexibility index (Phi) is 7.37. The topological polar surface area (TPSA) is 93.7 Å². The number of carbonyl (C=O) groups is 3. The Morgan fingerprint density at radius 2 is 1.95 bits per heavy atom. The van der Waals surface area contributed by atoms with Gasteiger partial charge in [0, 0.05) is 17.7 Å². The summed E-state index contributed by atoms with van der Waals surface area (Å²) < 4.78 is 10.5. The second kappa shape index (κ2) is 9.03. The molecule has 8 heteroatoms. The lowest BCUT2D eigenvalue weighted by atomic mass is 10.2. The number of carbonyl (C=O) groups excluding carboxylic acids is 3. The van der Waals surface area contributed by atoms with Gasteiger partial charge in [0.25, 0.3) is 11.8 Å². The molecule has 0 aliphatic carbocycles. The van der Waals surface area contributed by atoms with Crippen LogP contribution in [0, 0.1) is 3.57 Å². The first-order valence-corrected chi connectivity index (χ1v) is 7.34. The summed E-state index contributed by atoms with van der Waals surface area (Å²) in [5.41, 5.74) is 4.75. The van der Waals surface area contributed by atoms with Crippen molar-refractivity contribution in [3.63, 3.8) is 0 Å². The van der Waals surface area contributed by atoms with Crippen molar-refractivity contribution in [1.29, 1.82) is 0 Å². The zero-order valence-corrected chi connectivity index (χ0v) is 14.2. The van der Waals surface area contributed by atoms with E-state index in [0.29, 0.717) is 11.3 Å². The Labute approximate surface area is 141 Å². The highest BCUT2D eigenvalue weighted by Gasteiger charge is 2.09. The molecule has 0 aromatic heterocycles. The average molecular weight is 418 g/mol. The average Bonchev–Trinajstić information content (AvgIpc) is 2.50. The van der Waals surface area contributed by atoms with E-state index in [-0.39, 0.29) is 6.61 Å². The molecular formula is C14H15IN2O5. The van der Waals surface area contributed by atoms with Crippen molar-refractivity contribution < 1.29 is 23.9 Å². The van der Waals surface area contributed by atoms with Gasteiger partial charge in [-0.15, -0.1) is 0 Å². The van der Waals surface area contributed by atoms with Crippen LogP contribution in [0.5, 0.6) is 5.75 Å². The van der Waals surface area contributed by atoms with Crippen LogP contribution in [0.1, 0.15) is 17.3 Å². The lowest BCUT2D eigenvalue weighted by Gasteiger charge is -2.07. The van der Waals surface area contributed by atoms with Gasteiger partial charge in [0.1, 0.15) is 5.75 Å². The van der Waals surface area contributed by atoms with Crippen LogP contribution in [0.25, 0.3) is 0 Å². The Bertz CT molecular complexity index is 601. The minimum atomic E-state index is -0.649. The highest BCUT2D eigenvalue weighted by molar-refractivity contribution is 14.1. The number of hydrazine groups is 1. The van der Waals surface area contributed by atoms with Gasteiger partial charge in [0.2, 0.25) is 0 Å². The summed E-state index contributed by atoms with van der Waals surface area (Å²) in [5, 5.41) is 0. The third kappa shape index (κ3) is 5.72. The zero-order valence-electron chi connectivity index (χ0n) is 12.0. The Balaban J connectivity index is 2.54. The molecule has 0 fully saturated rings. The number of ether oxygens (including phenoxy) is 2. The van der Waals surface area contributed by atoms with Gasteiger partial charge in [-0.2, -0.15) is 0 Å². The monoisotopic (exact) mass is 418 g/mol. The van der Waals surface area contributed by atoms with Gasteiger partial charge in [0.05, 0.1) is 17.3 Å². The van der Waals surface area contributed by atoms with Gasteiger partial charge in [-0.05, 0) is 47.7 Å². The van der Waals surface area contributed by atoms with E-state index in [4.69, 9.17) is 4.74 Å². The van der Waals surface area contributed by atoms with Gasteiger partial charge in [-0.3, -0.25) is 20.4 Å². The van der Waals surface area contributed by atoms with Crippen molar-refractivity contribution in [3.05, 3.63) is 39.5 Å². The molecule has 0 saturated heterocycles. The SMILES string of the molecule is CCOC(=O)/C=C/C(=O)NNC(=O)c1ccc(OC)c(I)c1. The Hall–Kier alpha value is -2.10. The predicted molar refractivity (Wildman–Crippen MR) is 87.1 cm³/mol. The molecule has 7 nitrogen and oxygen atoms in total. The fourth-order valence-electron chi connectivity index (χ4n) is 1.37. The molecule has 0 aliphatic rings. The first-order chi connectivity index (χ1) is 10.5. The van der Waals surface area contributed by atoms with E-state index in [1.165, 1.54) is 7.11 Å². The van der Waals surface area contributed by atoms with Crippen LogP contribution in [0.4, 0.5) is 0 Å². The number of halogens is 1. The maximum atomic E-state index is 11.9. The normalized spacial score (nSPS) is 10.1. The maximum Gasteiger partial charge on any atom is 0.330 e. The molecular weight excluding hydrogens is 403 g/mol. The summed E-state index contributed by atoms with van der Waals surface area (Å²) >= 11 is 2.03. The number of nitrogens with one attached hydrogen (secondary N) is 2. The molecule has 0 atom stereocenters. The molecule has 0 bridgehead atoms. The van der Waals surface area contributed by atoms with Crippen molar-refractivity contribution in [3.8, 4) is 5.75 Å². The number of methoxy groups -OCH3 is 1. The third-order valence-corrected chi connectivity index (χ3v) is 3.21. The molecule has 22 heavy (non-hydrogen) atoms. The molecule has 118 valence electrons. The number of rotatable bonds is 5. The summed E-state index contributed by atoms with van der Waals surface area (Å²) in [5.74, 6) is -1.12. The largest absolute Gasteiger partial charge is 0.496 e. The molecule has 0 unspecified atom stereocenters. The minimum absolute atomic E-state index is 0.220. The minimum Gasteiger partial charge on any atom is -0.496 e. The molecule has 2 amide bonds. The third-order valence-electron chi connectivity index (χ3n) is 2.37. The molecule has 0 aliphatic heterocycles. The lowest BCUT2D eigenvalue weighted by molar-refractivity contribution is -0.137. The van der Waals surface area contributed by atoms with Gasteiger partial charge in [-0.1, -0.05) is 0 Å². The van der Waals surface area contributed by atoms with Crippen molar-refractivity contribution in [2.75, 3.05) is 13.7 Å². The van der Waals surface area contributed by atoms with Crippen LogP contribution in [-0.4, -0.2) is 31.5 Å². The van der Waals surface area contributed by atoms with Crippen LogP contribution in [0.15, 0.2) is 30.4 Å². The maximum absolute atomic E-state index is 11.9. The molecule has 1 aromatic rings. The van der Waals surface area contributed by atoms with Crippen molar-refractivity contribution >= 4 is 40.4 Å². The van der Waals surface area contributed by atoms with E-state index < -0.39 is 17.8 Å². The molecule has 2 N–H and O–H groups in total. The second-order valence-corrected chi connectivity index (χ2v) is 5.04. The Morgan fingerprint density at radius 3 is 2.55 bits per heavy atom. The van der Waals surface area contributed by atoms with Crippen LogP contribution in [0.3, 0.4) is 0 Å². The highest BCUT2D eigenvalue weighted by Crippen LogP contribution is 2.21. The number of esters is 1. The van der Waals surface area contributed by atoms with Crippen LogP contribution < -0.4 is 15.6 Å². The lowest BCUT2D eigenvalue weighted by Crippen LogP contribution is -2.40. The number of amides is 2. The zero-order chi connectivity index (χ0) is 16.5. The standard InChI is InChI=1S/C14H15IN2O5/c1-3-22-13(19)7-6-12(18)16-17-14(20)9-4-5-11(21-2)10(15)8-9/h4-8H,3H2,1-2H3,(H,16,18)(H,17,20)/b7-6+. The molecule has 0 radical (unpaired) electrons. The summed E-state index contributed by atoms with van der Waals surface area (Å²) in [4.78, 5) is 34.3. The summed E-state index contributed by atoms with van der Waals surface area (Å²) in [6, 6.07) is 4.84. The number of benzene rings is 1. The van der Waals surface area contributed by atoms with E-state index >= 15 is 0 Å². The summed E-state index contributed by atoms with van der Waals surface area (Å²) in [6.45, 7) is 1.87. The molecule has 1 aromatic carbocycles. The van der Waals surface area contributed by atoms with Crippen molar-refractivity contribution in [2.24, 2.45) is 0 Å². The van der Waals surface area contributed by atoms with E-state index in [2.05, 4.69) is 15.6 Å². The van der Waals surface area contributed by atoms with E-state index in [1.54, 1.807) is 25.1 Å². The van der Waals surface area contributed by atoms with Gasteiger partial charge >= 0.3 is 5.97 Å². The van der Waals surface area contributed by atoms with E-state index in [0.717, 1.165) is 15.7 Å². The molecule has 0 saturated carbocycles. The van der Waals surface area contributed by atoms with Crippen molar-refractivity contribution in [2.45, 2.75) is 6.92 Å². The van der Waals surface area contributed by atoms with Gasteiger partial charge in [-0.25, -0.2) is 4.79 Å². The van der Waals surface area contributed by atoms with Gasteiger partial charge in [0.15, 0.2) is 0 Å². The molecule has 1 rings (SSSR count). The number of hydrogen-bond acceptors (Lipinski definition) is 5. The fourth-order valence-corrected chi connectivity index (χ4v) is 2.11. The molecule has 0 spiro atoms.